The Balaban J connectivity index is 3.30. The Morgan fingerprint density at radius 1 is 1.06 bits per heavy atom. The highest BCUT2D eigenvalue weighted by Gasteiger charge is 2.47. The number of carbonyl (C=O) groups excluding carboxylic acids is 1. The number of nitrogens with one attached hydrogen (secondary N) is 1. The summed E-state index contributed by atoms with van der Waals surface area (Å²) in [6.07, 6.45) is 2.68. The lowest BCUT2D eigenvalue weighted by atomic mass is 10.2. The van der Waals surface area contributed by atoms with Crippen molar-refractivity contribution < 1.29 is 22.7 Å². The first-order valence-electron chi connectivity index (χ1n) is 11.4. The summed E-state index contributed by atoms with van der Waals surface area (Å²) in [6.45, 7) is 16.4. The number of hydrogen-bond acceptors (Lipinski definition) is 5. The molecule has 0 aromatic heterocycles. The van der Waals surface area contributed by atoms with E-state index in [4.69, 9.17) is 4.43 Å². The van der Waals surface area contributed by atoms with Gasteiger partial charge in [0.25, 0.3) is 15.9 Å². The lowest BCUT2D eigenvalue weighted by molar-refractivity contribution is -0.124. The maximum atomic E-state index is 13.2. The predicted octanol–water partition coefficient (Wildman–Crippen LogP) is 5.08. The second kappa shape index (κ2) is 12.1. The third-order valence-corrected chi connectivity index (χ3v) is 13.5. The van der Waals surface area contributed by atoms with E-state index >= 15 is 0 Å². The molecule has 0 saturated heterocycles. The van der Waals surface area contributed by atoms with Crippen LogP contribution in [0.5, 0.6) is 0 Å². The van der Waals surface area contributed by atoms with Crippen LogP contribution >= 0.6 is 0 Å². The fraction of sp³-hybridized carbons (Fsp3) is 0.625. The van der Waals surface area contributed by atoms with Crippen LogP contribution in [0.4, 0.5) is 0 Å². The maximum Gasteiger partial charge on any atom is 0.265 e. The molecule has 2 N–H and O–H groups in total. The zero-order valence-corrected chi connectivity index (χ0v) is 22.6. The first-order valence-corrected chi connectivity index (χ1v) is 15.1. The number of hydrogen-bond donors (Lipinski definition) is 2. The highest BCUT2D eigenvalue weighted by molar-refractivity contribution is 7.90. The number of aliphatic hydroxyl groups is 1. The summed E-state index contributed by atoms with van der Waals surface area (Å²) in [5, 5.41) is 9.88. The summed E-state index contributed by atoms with van der Waals surface area (Å²) < 4.78 is 34.4. The fourth-order valence-corrected chi connectivity index (χ4v) is 10.7. The van der Waals surface area contributed by atoms with Crippen LogP contribution in [0, 0.1) is 6.92 Å². The van der Waals surface area contributed by atoms with E-state index in [1.807, 2.05) is 13.8 Å². The molecule has 0 spiro atoms. The zero-order valence-electron chi connectivity index (χ0n) is 20.8. The molecule has 0 bridgehead atoms. The lowest BCUT2D eigenvalue weighted by Gasteiger charge is -2.43. The number of sulfonamides is 1. The van der Waals surface area contributed by atoms with Gasteiger partial charge < -0.3 is 9.53 Å². The Kier molecular flexibility index (Phi) is 10.8. The van der Waals surface area contributed by atoms with Gasteiger partial charge in [-0.15, -0.1) is 0 Å². The van der Waals surface area contributed by atoms with Crippen molar-refractivity contribution in [3.05, 3.63) is 42.0 Å². The lowest BCUT2D eigenvalue weighted by Crippen LogP contribution is -2.53. The largest absolute Gasteiger partial charge is 0.401 e. The highest BCUT2D eigenvalue weighted by Crippen LogP contribution is 2.43. The molecule has 0 aliphatic heterocycles. The van der Waals surface area contributed by atoms with E-state index in [2.05, 4.69) is 46.3 Å². The van der Waals surface area contributed by atoms with Crippen molar-refractivity contribution in [3.8, 4) is 0 Å². The minimum atomic E-state index is -4.03. The molecule has 0 aliphatic carbocycles. The van der Waals surface area contributed by atoms with E-state index in [9.17, 15) is 18.3 Å². The SMILES string of the molecule is CC[C@H](O)C/C=C/[C@@H](O[Si](C(C)C)(C(C)C)C(C)C)C(=O)NS(=O)(=O)c1ccc(C)cc1. The summed E-state index contributed by atoms with van der Waals surface area (Å²) in [5.74, 6) is -0.716. The highest BCUT2D eigenvalue weighted by atomic mass is 32.2. The Morgan fingerprint density at radius 3 is 2.00 bits per heavy atom. The van der Waals surface area contributed by atoms with Crippen molar-refractivity contribution in [1.82, 2.24) is 4.72 Å². The smallest absolute Gasteiger partial charge is 0.265 e. The molecule has 0 heterocycles. The van der Waals surface area contributed by atoms with Crippen molar-refractivity contribution >= 4 is 24.2 Å². The summed E-state index contributed by atoms with van der Waals surface area (Å²) in [5.41, 5.74) is 1.60. The normalized spacial score (nSPS) is 15.0. The van der Waals surface area contributed by atoms with Gasteiger partial charge in [0.15, 0.2) is 0 Å². The zero-order chi connectivity index (χ0) is 24.7. The average molecular weight is 484 g/mol. The molecule has 1 aromatic rings. The van der Waals surface area contributed by atoms with E-state index < -0.39 is 36.5 Å². The monoisotopic (exact) mass is 483 g/mol. The molecule has 6 nitrogen and oxygen atoms in total. The molecule has 0 aliphatic rings. The van der Waals surface area contributed by atoms with Gasteiger partial charge in [0, 0.05) is 0 Å². The standard InChI is InChI=1S/C24H41NO5SSi/c1-9-21(26)11-10-12-23(30-32(17(2)3,18(4)5)19(6)7)24(27)25-31(28,29)22-15-13-20(8)14-16-22/h10,12-19,21,23,26H,9,11H2,1-8H3,(H,25,27)/b12-10+/t21-,23+/m0/s1. The minimum absolute atomic E-state index is 0.0284. The van der Waals surface area contributed by atoms with E-state index in [-0.39, 0.29) is 21.5 Å². The van der Waals surface area contributed by atoms with Crippen molar-refractivity contribution in [2.45, 2.75) is 102 Å². The Hall–Kier alpha value is -1.48. The van der Waals surface area contributed by atoms with Gasteiger partial charge in [0.2, 0.25) is 8.32 Å². The molecule has 0 unspecified atom stereocenters. The van der Waals surface area contributed by atoms with E-state index in [1.165, 1.54) is 12.1 Å². The van der Waals surface area contributed by atoms with Crippen LogP contribution in [0.15, 0.2) is 41.3 Å². The van der Waals surface area contributed by atoms with Crippen LogP contribution in [-0.2, 0) is 19.2 Å². The quantitative estimate of drug-likeness (QED) is 0.319. The van der Waals surface area contributed by atoms with Gasteiger partial charge in [-0.25, -0.2) is 13.1 Å². The van der Waals surface area contributed by atoms with Crippen molar-refractivity contribution in [1.29, 1.82) is 0 Å². The minimum Gasteiger partial charge on any atom is -0.401 e. The molecule has 8 heteroatoms. The first-order chi connectivity index (χ1) is 14.8. The summed E-state index contributed by atoms with van der Waals surface area (Å²) >= 11 is 0. The van der Waals surface area contributed by atoms with Gasteiger partial charge in [0.1, 0.15) is 6.10 Å². The van der Waals surface area contributed by atoms with Crippen LogP contribution in [0.25, 0.3) is 0 Å². The van der Waals surface area contributed by atoms with Crippen LogP contribution in [0.2, 0.25) is 16.6 Å². The number of aliphatic hydroxyl groups excluding tert-OH is 1. The second-order valence-corrected chi connectivity index (χ2v) is 16.5. The molecular formula is C24H41NO5SSi. The number of amides is 1. The van der Waals surface area contributed by atoms with Gasteiger partial charge in [-0.1, -0.05) is 78.3 Å². The van der Waals surface area contributed by atoms with Gasteiger partial charge in [0.05, 0.1) is 11.0 Å². The maximum absolute atomic E-state index is 13.2. The van der Waals surface area contributed by atoms with Crippen LogP contribution in [-0.4, -0.2) is 40.0 Å². The molecule has 2 atom stereocenters. The summed E-state index contributed by atoms with van der Waals surface area (Å²) in [6, 6.07) is 6.33. The van der Waals surface area contributed by atoms with Gasteiger partial charge in [-0.3, -0.25) is 4.79 Å². The van der Waals surface area contributed by atoms with Crippen molar-refractivity contribution in [2.75, 3.05) is 0 Å². The topological polar surface area (TPSA) is 92.7 Å². The molecule has 1 aromatic carbocycles. The average Bonchev–Trinajstić information content (AvgIpc) is 2.69. The molecule has 182 valence electrons. The van der Waals surface area contributed by atoms with E-state index in [0.717, 1.165) is 5.56 Å². The first kappa shape index (κ1) is 28.5. The van der Waals surface area contributed by atoms with Crippen molar-refractivity contribution in [2.24, 2.45) is 0 Å². The third kappa shape index (κ3) is 7.27. The number of aryl methyl sites for hydroxylation is 1. The van der Waals surface area contributed by atoms with Gasteiger partial charge >= 0.3 is 0 Å². The molecule has 32 heavy (non-hydrogen) atoms. The molecule has 1 amide bonds. The van der Waals surface area contributed by atoms with Crippen LogP contribution < -0.4 is 4.72 Å². The predicted molar refractivity (Wildman–Crippen MR) is 132 cm³/mol. The fourth-order valence-electron chi connectivity index (χ4n) is 4.30. The number of rotatable bonds is 12. The summed E-state index contributed by atoms with van der Waals surface area (Å²) in [4.78, 5) is 13.2. The summed E-state index contributed by atoms with van der Waals surface area (Å²) in [7, 11) is -6.50. The Bertz CT molecular complexity index is 841. The Labute approximate surface area is 195 Å². The van der Waals surface area contributed by atoms with Gasteiger partial charge in [-0.05, 0) is 48.5 Å². The Morgan fingerprint density at radius 2 is 1.56 bits per heavy atom. The number of carbonyl (C=O) groups is 1. The van der Waals surface area contributed by atoms with E-state index in [0.29, 0.717) is 12.8 Å². The molecular weight excluding hydrogens is 442 g/mol. The van der Waals surface area contributed by atoms with Crippen molar-refractivity contribution in [3.63, 3.8) is 0 Å². The van der Waals surface area contributed by atoms with Crippen LogP contribution in [0.1, 0.15) is 66.9 Å². The van der Waals surface area contributed by atoms with Gasteiger partial charge in [-0.2, -0.15) is 0 Å². The number of benzene rings is 1. The molecule has 0 radical (unpaired) electrons. The third-order valence-electron chi connectivity index (χ3n) is 6.05. The second-order valence-electron chi connectivity index (χ2n) is 9.36. The molecule has 0 fully saturated rings. The molecule has 0 saturated carbocycles. The molecule has 1 rings (SSSR count). The van der Waals surface area contributed by atoms with Crippen LogP contribution in [0.3, 0.4) is 0 Å². The van der Waals surface area contributed by atoms with E-state index in [1.54, 1.807) is 24.3 Å².